The molecule has 2 rings (SSSR count). The van der Waals surface area contributed by atoms with Gasteiger partial charge in [-0.3, -0.25) is 0 Å². The van der Waals surface area contributed by atoms with Crippen molar-refractivity contribution in [2.75, 3.05) is 0 Å². The molecule has 0 amide bonds. The molecule has 100 valence electrons. The quantitative estimate of drug-likeness (QED) is 0.238. The third-order valence-corrected chi connectivity index (χ3v) is 8.75. The minimum atomic E-state index is 0.698. The summed E-state index contributed by atoms with van der Waals surface area (Å²) in [6.07, 6.45) is 0. The maximum Gasteiger partial charge on any atom is 0.158 e. The van der Waals surface area contributed by atoms with Gasteiger partial charge in [0.2, 0.25) is 0 Å². The molecule has 0 unspecified atom stereocenters. The van der Waals surface area contributed by atoms with Crippen LogP contribution in [0.2, 0.25) is 0 Å². The lowest BCUT2D eigenvalue weighted by Crippen LogP contribution is -1.90. The monoisotopic (exact) mass is 638 g/mol. The van der Waals surface area contributed by atoms with Gasteiger partial charge in [0.15, 0.2) is 5.75 Å². The molecule has 0 bridgehead atoms. The first-order valence-corrected chi connectivity index (χ1v) is 9.62. The molecule has 0 saturated heterocycles. The summed E-state index contributed by atoms with van der Waals surface area (Å²) in [7, 11) is 0. The van der Waals surface area contributed by atoms with Crippen LogP contribution in [0.4, 0.5) is 0 Å². The van der Waals surface area contributed by atoms with Gasteiger partial charge in [0, 0.05) is 8.95 Å². The van der Waals surface area contributed by atoms with Gasteiger partial charge in [-0.1, -0.05) is 15.9 Å². The van der Waals surface area contributed by atoms with E-state index in [4.69, 9.17) is 4.74 Å². The molecule has 0 radical (unpaired) electrons. The van der Waals surface area contributed by atoms with Crippen molar-refractivity contribution in [3.8, 4) is 11.5 Å². The van der Waals surface area contributed by atoms with Crippen molar-refractivity contribution in [2.45, 2.75) is 0 Å². The first-order valence-electron chi connectivity index (χ1n) is 4.86. The van der Waals surface area contributed by atoms with Crippen LogP contribution in [0.3, 0.4) is 0 Å². The Labute approximate surface area is 161 Å². The molecule has 0 spiro atoms. The minimum Gasteiger partial charge on any atom is -0.455 e. The van der Waals surface area contributed by atoms with Crippen LogP contribution in [0.1, 0.15) is 0 Å². The summed E-state index contributed by atoms with van der Waals surface area (Å²) >= 11 is 21.0. The zero-order valence-corrected chi connectivity index (χ0v) is 18.5. The Kier molecular flexibility index (Phi) is 6.01. The van der Waals surface area contributed by atoms with E-state index in [1.54, 1.807) is 0 Å². The topological polar surface area (TPSA) is 9.23 Å². The van der Waals surface area contributed by atoms with Crippen LogP contribution in [-0.2, 0) is 0 Å². The number of rotatable bonds is 2. The van der Waals surface area contributed by atoms with Crippen LogP contribution >= 0.6 is 95.6 Å². The standard InChI is InChI=1S/C12H4Br6O/c13-5-1-3-6(4-2-5)19-12-10(17)8(15)7(14)9(16)11(12)18/h1-4H. The predicted octanol–water partition coefficient (Wildman–Crippen LogP) is 8.05. The summed E-state index contributed by atoms with van der Waals surface area (Å²) in [6, 6.07) is 7.65. The highest BCUT2D eigenvalue weighted by molar-refractivity contribution is 9.15. The van der Waals surface area contributed by atoms with E-state index in [0.717, 1.165) is 32.6 Å². The third kappa shape index (κ3) is 3.66. The largest absolute Gasteiger partial charge is 0.455 e. The first kappa shape index (κ1) is 16.5. The van der Waals surface area contributed by atoms with Crippen molar-refractivity contribution in [3.05, 3.63) is 51.1 Å². The fourth-order valence-electron chi connectivity index (χ4n) is 1.29. The van der Waals surface area contributed by atoms with Gasteiger partial charge in [0.1, 0.15) is 5.75 Å². The van der Waals surface area contributed by atoms with Crippen molar-refractivity contribution in [1.29, 1.82) is 0 Å². The van der Waals surface area contributed by atoms with Gasteiger partial charge in [-0.15, -0.1) is 0 Å². The fraction of sp³-hybridized carbons (Fsp3) is 0. The second kappa shape index (κ2) is 6.92. The highest BCUT2D eigenvalue weighted by Gasteiger charge is 2.19. The SMILES string of the molecule is Brc1ccc(Oc2c(Br)c(Br)c(Br)c(Br)c2Br)cc1. The van der Waals surface area contributed by atoms with Crippen LogP contribution in [0.15, 0.2) is 51.1 Å². The Balaban J connectivity index is 2.48. The molecule has 0 heterocycles. The summed E-state index contributed by atoms with van der Waals surface area (Å²) < 4.78 is 11.3. The molecule has 7 heteroatoms. The van der Waals surface area contributed by atoms with Crippen molar-refractivity contribution >= 4 is 95.6 Å². The Morgan fingerprint density at radius 1 is 0.579 bits per heavy atom. The van der Waals surface area contributed by atoms with E-state index < -0.39 is 0 Å². The van der Waals surface area contributed by atoms with Crippen LogP contribution in [0, 0.1) is 0 Å². The molecular weight excluding hydrogens is 640 g/mol. The maximum atomic E-state index is 5.92. The summed E-state index contributed by atoms with van der Waals surface area (Å²) in [6.45, 7) is 0. The van der Waals surface area contributed by atoms with Gasteiger partial charge in [0.05, 0.1) is 17.9 Å². The second-order valence-corrected chi connectivity index (χ2v) is 8.34. The van der Waals surface area contributed by atoms with E-state index in [9.17, 15) is 0 Å². The van der Waals surface area contributed by atoms with Gasteiger partial charge < -0.3 is 4.74 Å². The van der Waals surface area contributed by atoms with Gasteiger partial charge in [-0.05, 0) is 104 Å². The number of ether oxygens (including phenoxy) is 1. The van der Waals surface area contributed by atoms with Crippen molar-refractivity contribution in [2.24, 2.45) is 0 Å². The maximum absolute atomic E-state index is 5.92. The Morgan fingerprint density at radius 2 is 1.00 bits per heavy atom. The van der Waals surface area contributed by atoms with E-state index in [2.05, 4.69) is 95.6 Å². The van der Waals surface area contributed by atoms with Gasteiger partial charge in [-0.25, -0.2) is 0 Å². The molecule has 0 aliphatic carbocycles. The van der Waals surface area contributed by atoms with Gasteiger partial charge in [-0.2, -0.15) is 0 Å². The fourth-order valence-corrected chi connectivity index (χ4v) is 4.73. The lowest BCUT2D eigenvalue weighted by Gasteiger charge is -2.14. The highest BCUT2D eigenvalue weighted by atomic mass is 79.9. The molecule has 19 heavy (non-hydrogen) atoms. The van der Waals surface area contributed by atoms with Crippen LogP contribution in [0.5, 0.6) is 11.5 Å². The average Bonchev–Trinajstić information content (AvgIpc) is 2.41. The van der Waals surface area contributed by atoms with Crippen LogP contribution in [-0.4, -0.2) is 0 Å². The molecule has 2 aromatic rings. The lowest BCUT2D eigenvalue weighted by molar-refractivity contribution is 0.475. The molecule has 0 aromatic heterocycles. The Hall–Kier alpha value is 1.12. The third-order valence-electron chi connectivity index (χ3n) is 2.20. The smallest absolute Gasteiger partial charge is 0.158 e. The molecule has 1 nitrogen and oxygen atoms in total. The molecule has 0 saturated carbocycles. The van der Waals surface area contributed by atoms with E-state index in [1.165, 1.54) is 0 Å². The van der Waals surface area contributed by atoms with Crippen molar-refractivity contribution in [3.63, 3.8) is 0 Å². The highest BCUT2D eigenvalue weighted by Crippen LogP contribution is 2.49. The van der Waals surface area contributed by atoms with E-state index >= 15 is 0 Å². The second-order valence-electron chi connectivity index (χ2n) is 3.46. The summed E-state index contributed by atoms with van der Waals surface area (Å²) in [5.41, 5.74) is 0. The molecular formula is C12H4Br6O. The summed E-state index contributed by atoms with van der Waals surface area (Å²) in [5, 5.41) is 0. The zero-order valence-electron chi connectivity index (χ0n) is 8.99. The number of benzene rings is 2. The first-order chi connectivity index (χ1) is 8.91. The normalized spacial score (nSPS) is 10.6. The van der Waals surface area contributed by atoms with Gasteiger partial charge >= 0.3 is 0 Å². The lowest BCUT2D eigenvalue weighted by atomic mass is 10.3. The van der Waals surface area contributed by atoms with E-state index in [0.29, 0.717) is 5.75 Å². The minimum absolute atomic E-state index is 0.698. The Bertz CT molecular complexity index is 594. The van der Waals surface area contributed by atoms with Gasteiger partial charge in [0.25, 0.3) is 0 Å². The van der Waals surface area contributed by atoms with Crippen LogP contribution < -0.4 is 4.74 Å². The van der Waals surface area contributed by atoms with Crippen LogP contribution in [0.25, 0.3) is 0 Å². The number of hydrogen-bond acceptors (Lipinski definition) is 1. The van der Waals surface area contributed by atoms with Crippen molar-refractivity contribution in [1.82, 2.24) is 0 Å². The predicted molar refractivity (Wildman–Crippen MR) is 99.2 cm³/mol. The summed E-state index contributed by atoms with van der Waals surface area (Å²) in [5.74, 6) is 1.45. The van der Waals surface area contributed by atoms with E-state index in [1.807, 2.05) is 24.3 Å². The molecule has 2 aromatic carbocycles. The van der Waals surface area contributed by atoms with Crippen molar-refractivity contribution < 1.29 is 4.74 Å². The average molecular weight is 644 g/mol. The van der Waals surface area contributed by atoms with E-state index in [-0.39, 0.29) is 0 Å². The molecule has 0 atom stereocenters. The number of halogens is 6. The summed E-state index contributed by atoms with van der Waals surface area (Å²) in [4.78, 5) is 0. The number of hydrogen-bond donors (Lipinski definition) is 0. The zero-order chi connectivity index (χ0) is 14.2. The Morgan fingerprint density at radius 3 is 1.47 bits per heavy atom. The molecule has 0 fully saturated rings. The molecule has 0 aliphatic heterocycles. The molecule has 0 N–H and O–H groups in total. The molecule has 0 aliphatic rings.